The van der Waals surface area contributed by atoms with Crippen molar-refractivity contribution in [3.05, 3.63) is 22.9 Å². The summed E-state index contributed by atoms with van der Waals surface area (Å²) in [6, 6.07) is 2.45. The van der Waals surface area contributed by atoms with E-state index < -0.39 is 26.2 Å². The zero-order valence-electron chi connectivity index (χ0n) is 7.91. The standard InChI is InChI=1S/C8H5ClF2N2O2S/c1-4-5(3-12)2-6(7(10)11)13-8(4)16(9,14)15/h2,7H,1H3. The molecule has 1 heterocycles. The van der Waals surface area contributed by atoms with Crippen molar-refractivity contribution in [1.29, 1.82) is 5.26 Å². The van der Waals surface area contributed by atoms with Gasteiger partial charge in [-0.05, 0) is 13.0 Å². The Morgan fingerprint density at radius 1 is 1.56 bits per heavy atom. The van der Waals surface area contributed by atoms with Crippen molar-refractivity contribution in [2.45, 2.75) is 18.4 Å². The Morgan fingerprint density at radius 3 is 2.50 bits per heavy atom. The van der Waals surface area contributed by atoms with Gasteiger partial charge in [-0.2, -0.15) is 5.26 Å². The van der Waals surface area contributed by atoms with Gasteiger partial charge in [-0.3, -0.25) is 0 Å². The van der Waals surface area contributed by atoms with Gasteiger partial charge < -0.3 is 0 Å². The third-order valence-corrected chi connectivity index (χ3v) is 3.12. The van der Waals surface area contributed by atoms with E-state index >= 15 is 0 Å². The summed E-state index contributed by atoms with van der Waals surface area (Å²) in [5, 5.41) is 7.95. The number of nitriles is 1. The van der Waals surface area contributed by atoms with Crippen LogP contribution in [0.15, 0.2) is 11.1 Å². The van der Waals surface area contributed by atoms with Gasteiger partial charge in [0.2, 0.25) is 0 Å². The number of halogens is 3. The van der Waals surface area contributed by atoms with Crippen LogP contribution in [-0.2, 0) is 9.05 Å². The molecule has 0 amide bonds. The van der Waals surface area contributed by atoms with Crippen molar-refractivity contribution in [3.8, 4) is 6.07 Å². The minimum absolute atomic E-state index is 0.0399. The fourth-order valence-corrected chi connectivity index (χ4v) is 2.21. The predicted octanol–water partition coefficient (Wildman–Crippen LogP) is 2.13. The first-order valence-electron chi connectivity index (χ1n) is 3.92. The quantitative estimate of drug-likeness (QED) is 0.769. The van der Waals surface area contributed by atoms with Gasteiger partial charge >= 0.3 is 0 Å². The first-order chi connectivity index (χ1) is 7.27. The predicted molar refractivity (Wildman–Crippen MR) is 51.7 cm³/mol. The van der Waals surface area contributed by atoms with E-state index in [-0.39, 0.29) is 11.1 Å². The summed E-state index contributed by atoms with van der Waals surface area (Å²) in [6.07, 6.45) is -2.97. The molecule has 0 atom stereocenters. The lowest BCUT2D eigenvalue weighted by atomic mass is 10.1. The highest BCUT2D eigenvalue weighted by atomic mass is 35.7. The van der Waals surface area contributed by atoms with Crippen molar-refractivity contribution in [2.24, 2.45) is 0 Å². The Hall–Kier alpha value is -1.26. The van der Waals surface area contributed by atoms with E-state index in [4.69, 9.17) is 15.9 Å². The van der Waals surface area contributed by atoms with Crippen LogP contribution in [-0.4, -0.2) is 13.4 Å². The molecule has 1 aromatic rings. The fraction of sp³-hybridized carbons (Fsp3) is 0.250. The summed E-state index contributed by atoms with van der Waals surface area (Å²) in [5.41, 5.74) is -1.02. The van der Waals surface area contributed by atoms with Crippen molar-refractivity contribution >= 4 is 19.7 Å². The van der Waals surface area contributed by atoms with E-state index in [9.17, 15) is 17.2 Å². The molecule has 0 N–H and O–H groups in total. The third kappa shape index (κ3) is 2.46. The molecule has 0 radical (unpaired) electrons. The van der Waals surface area contributed by atoms with Crippen LogP contribution in [0.4, 0.5) is 8.78 Å². The molecule has 0 aliphatic carbocycles. The number of hydrogen-bond donors (Lipinski definition) is 0. The minimum atomic E-state index is -4.25. The summed E-state index contributed by atoms with van der Waals surface area (Å²) in [6.45, 7) is 1.27. The SMILES string of the molecule is Cc1c(C#N)cc(C(F)F)nc1S(=O)(=O)Cl. The average Bonchev–Trinajstić information content (AvgIpc) is 2.15. The number of hydrogen-bond acceptors (Lipinski definition) is 4. The van der Waals surface area contributed by atoms with Crippen molar-refractivity contribution in [1.82, 2.24) is 4.98 Å². The van der Waals surface area contributed by atoms with Gasteiger partial charge in [0.05, 0.1) is 11.6 Å². The molecule has 0 bridgehead atoms. The average molecular weight is 267 g/mol. The Morgan fingerprint density at radius 2 is 2.12 bits per heavy atom. The molecule has 8 heteroatoms. The van der Waals surface area contributed by atoms with Crippen LogP contribution in [0.5, 0.6) is 0 Å². The summed E-state index contributed by atoms with van der Waals surface area (Å²) >= 11 is 0. The van der Waals surface area contributed by atoms with Crippen LogP contribution in [0.3, 0.4) is 0 Å². The minimum Gasteiger partial charge on any atom is -0.234 e. The van der Waals surface area contributed by atoms with E-state index in [1.807, 2.05) is 0 Å². The molecule has 0 aromatic carbocycles. The molecule has 1 rings (SSSR count). The molecular formula is C8H5ClF2N2O2S. The van der Waals surface area contributed by atoms with Crippen LogP contribution >= 0.6 is 10.7 Å². The van der Waals surface area contributed by atoms with E-state index in [1.165, 1.54) is 6.92 Å². The van der Waals surface area contributed by atoms with E-state index in [0.29, 0.717) is 0 Å². The van der Waals surface area contributed by atoms with Gasteiger partial charge in [0.15, 0.2) is 5.03 Å². The molecule has 0 aliphatic rings. The molecule has 0 aliphatic heterocycles. The molecule has 1 aromatic heterocycles. The van der Waals surface area contributed by atoms with Gasteiger partial charge in [0, 0.05) is 16.2 Å². The zero-order valence-corrected chi connectivity index (χ0v) is 9.48. The Labute approximate surface area is 94.9 Å². The van der Waals surface area contributed by atoms with Gasteiger partial charge in [-0.15, -0.1) is 0 Å². The van der Waals surface area contributed by atoms with E-state index in [0.717, 1.165) is 6.07 Å². The fourth-order valence-electron chi connectivity index (χ4n) is 1.07. The van der Waals surface area contributed by atoms with Gasteiger partial charge in [-0.25, -0.2) is 22.2 Å². The molecule has 0 fully saturated rings. The molecule has 0 unspecified atom stereocenters. The number of rotatable bonds is 2. The van der Waals surface area contributed by atoms with Crippen molar-refractivity contribution < 1.29 is 17.2 Å². The number of aromatic nitrogens is 1. The second kappa shape index (κ2) is 4.31. The summed E-state index contributed by atoms with van der Waals surface area (Å²) < 4.78 is 46.8. The number of alkyl halides is 2. The van der Waals surface area contributed by atoms with Crippen LogP contribution in [0.2, 0.25) is 0 Å². The first kappa shape index (κ1) is 12.8. The zero-order chi connectivity index (χ0) is 12.5. The summed E-state index contributed by atoms with van der Waals surface area (Å²) in [5.74, 6) is 0. The van der Waals surface area contributed by atoms with Crippen LogP contribution < -0.4 is 0 Å². The van der Waals surface area contributed by atoms with Gasteiger partial charge in [0.1, 0.15) is 5.69 Å². The highest BCUT2D eigenvalue weighted by Crippen LogP contribution is 2.25. The van der Waals surface area contributed by atoms with E-state index in [2.05, 4.69) is 4.98 Å². The lowest BCUT2D eigenvalue weighted by molar-refractivity contribution is 0.145. The van der Waals surface area contributed by atoms with Gasteiger partial charge in [0.25, 0.3) is 15.5 Å². The maximum Gasteiger partial charge on any atom is 0.280 e. The molecule has 16 heavy (non-hydrogen) atoms. The number of pyridine rings is 1. The van der Waals surface area contributed by atoms with Crippen LogP contribution in [0.1, 0.15) is 23.2 Å². The highest BCUT2D eigenvalue weighted by molar-refractivity contribution is 8.13. The maximum absolute atomic E-state index is 12.4. The molecule has 0 spiro atoms. The lowest BCUT2D eigenvalue weighted by Gasteiger charge is -2.06. The van der Waals surface area contributed by atoms with Gasteiger partial charge in [-0.1, -0.05) is 0 Å². The topological polar surface area (TPSA) is 70.8 Å². The monoisotopic (exact) mass is 266 g/mol. The van der Waals surface area contributed by atoms with E-state index in [1.54, 1.807) is 6.07 Å². The van der Waals surface area contributed by atoms with Crippen LogP contribution in [0, 0.1) is 18.3 Å². The largest absolute Gasteiger partial charge is 0.280 e. The summed E-state index contributed by atoms with van der Waals surface area (Å²) in [4.78, 5) is 3.23. The Bertz CT molecular complexity index is 566. The second-order valence-corrected chi connectivity index (χ2v) is 5.36. The Kier molecular flexibility index (Phi) is 3.45. The smallest absolute Gasteiger partial charge is 0.234 e. The maximum atomic E-state index is 12.4. The second-order valence-electron chi connectivity index (χ2n) is 2.88. The first-order valence-corrected chi connectivity index (χ1v) is 6.22. The number of nitrogens with zero attached hydrogens (tertiary/aromatic N) is 2. The van der Waals surface area contributed by atoms with Crippen molar-refractivity contribution in [2.75, 3.05) is 0 Å². The van der Waals surface area contributed by atoms with Crippen LogP contribution in [0.25, 0.3) is 0 Å². The lowest BCUT2D eigenvalue weighted by Crippen LogP contribution is -2.05. The molecular weight excluding hydrogens is 262 g/mol. The molecule has 0 saturated heterocycles. The van der Waals surface area contributed by atoms with Crippen molar-refractivity contribution in [3.63, 3.8) is 0 Å². The summed E-state index contributed by atoms with van der Waals surface area (Å²) in [7, 11) is 0.779. The Balaban J connectivity index is 3.63. The normalized spacial score (nSPS) is 11.5. The molecule has 4 nitrogen and oxygen atoms in total. The molecule has 0 saturated carbocycles. The third-order valence-electron chi connectivity index (χ3n) is 1.82. The highest BCUT2D eigenvalue weighted by Gasteiger charge is 2.22. The molecule has 86 valence electrons.